The minimum atomic E-state index is -0.222. The van der Waals surface area contributed by atoms with E-state index < -0.39 is 0 Å². The predicted molar refractivity (Wildman–Crippen MR) is 79.0 cm³/mol. The number of anilines is 1. The number of nitrogens with zero attached hydrogens (tertiary/aromatic N) is 1. The van der Waals surface area contributed by atoms with Gasteiger partial charge in [0, 0.05) is 24.1 Å². The number of hydrogen-bond acceptors (Lipinski definition) is 4. The molecule has 5 nitrogen and oxygen atoms in total. The third-order valence-corrected chi connectivity index (χ3v) is 2.57. The Bertz CT molecular complexity index is 576. The first-order valence-electron chi connectivity index (χ1n) is 5.68. The van der Waals surface area contributed by atoms with Gasteiger partial charge in [-0.25, -0.2) is 0 Å². The summed E-state index contributed by atoms with van der Waals surface area (Å²) < 4.78 is 10.3. The number of pyridine rings is 1. The number of amides is 1. The monoisotopic (exact) mass is 294 g/mol. The molecule has 1 N–H and O–H groups in total. The molecule has 106 valence electrons. The zero-order valence-electron chi connectivity index (χ0n) is 11.1. The highest BCUT2D eigenvalue weighted by Crippen LogP contribution is 2.29. The number of hydrogen-bond donors (Lipinski definition) is 1. The number of aromatic nitrogens is 1. The summed E-state index contributed by atoms with van der Waals surface area (Å²) in [6, 6.07) is 8.59. The van der Waals surface area contributed by atoms with Gasteiger partial charge in [0.15, 0.2) is 11.5 Å². The Morgan fingerprint density at radius 3 is 2.50 bits per heavy atom. The van der Waals surface area contributed by atoms with Crippen LogP contribution in [0.4, 0.5) is 5.69 Å². The van der Waals surface area contributed by atoms with Crippen LogP contribution in [-0.2, 0) is 0 Å². The molecule has 2 aromatic rings. The molecule has 20 heavy (non-hydrogen) atoms. The lowest BCUT2D eigenvalue weighted by molar-refractivity contribution is 0.102. The van der Waals surface area contributed by atoms with Crippen molar-refractivity contribution in [2.45, 2.75) is 0 Å². The van der Waals surface area contributed by atoms with Gasteiger partial charge in [0.2, 0.25) is 0 Å². The summed E-state index contributed by atoms with van der Waals surface area (Å²) in [5.74, 6) is 0.952. The van der Waals surface area contributed by atoms with Gasteiger partial charge >= 0.3 is 0 Å². The molecule has 0 saturated carbocycles. The topological polar surface area (TPSA) is 60.5 Å². The van der Waals surface area contributed by atoms with Crippen LogP contribution >= 0.6 is 12.4 Å². The molecule has 0 radical (unpaired) electrons. The zero-order valence-corrected chi connectivity index (χ0v) is 11.9. The van der Waals surface area contributed by atoms with Crippen molar-refractivity contribution in [2.75, 3.05) is 19.5 Å². The molecule has 1 aromatic heterocycles. The fraction of sp³-hybridized carbons (Fsp3) is 0.143. The van der Waals surface area contributed by atoms with Crippen molar-refractivity contribution in [2.24, 2.45) is 0 Å². The van der Waals surface area contributed by atoms with Gasteiger partial charge in [-0.05, 0) is 24.3 Å². The molecular formula is C14H15ClN2O3. The Hall–Kier alpha value is -2.27. The Morgan fingerprint density at radius 1 is 1.15 bits per heavy atom. The summed E-state index contributed by atoms with van der Waals surface area (Å²) in [5.41, 5.74) is 1.13. The van der Waals surface area contributed by atoms with E-state index in [9.17, 15) is 4.79 Å². The minimum absolute atomic E-state index is 0. The number of methoxy groups -OCH3 is 2. The van der Waals surface area contributed by atoms with E-state index in [1.165, 1.54) is 6.20 Å². The third kappa shape index (κ3) is 3.61. The summed E-state index contributed by atoms with van der Waals surface area (Å²) in [4.78, 5) is 15.8. The van der Waals surface area contributed by atoms with Crippen molar-refractivity contribution in [1.29, 1.82) is 0 Å². The zero-order chi connectivity index (χ0) is 13.7. The maximum absolute atomic E-state index is 11.9. The first kappa shape index (κ1) is 15.8. The standard InChI is InChI=1S/C14H14N2O3.ClH/c1-18-12-6-5-11(8-13(12)19-2)16-14(17)10-4-3-7-15-9-10;/h3-9H,1-2H3,(H,16,17);1H. The van der Waals surface area contributed by atoms with Gasteiger partial charge in [0.05, 0.1) is 19.8 Å². The molecule has 1 amide bonds. The van der Waals surface area contributed by atoms with E-state index in [-0.39, 0.29) is 18.3 Å². The molecule has 0 unspecified atom stereocenters. The van der Waals surface area contributed by atoms with E-state index in [0.29, 0.717) is 22.7 Å². The fourth-order valence-electron chi connectivity index (χ4n) is 1.61. The van der Waals surface area contributed by atoms with E-state index in [1.807, 2.05) is 0 Å². The lowest BCUT2D eigenvalue weighted by Crippen LogP contribution is -2.12. The van der Waals surface area contributed by atoms with Gasteiger partial charge < -0.3 is 14.8 Å². The molecule has 0 saturated heterocycles. The summed E-state index contributed by atoms with van der Waals surface area (Å²) >= 11 is 0. The third-order valence-electron chi connectivity index (χ3n) is 2.57. The van der Waals surface area contributed by atoms with E-state index in [1.54, 1.807) is 50.7 Å². The van der Waals surface area contributed by atoms with E-state index in [0.717, 1.165) is 0 Å². The number of rotatable bonds is 4. The van der Waals surface area contributed by atoms with E-state index in [4.69, 9.17) is 9.47 Å². The maximum Gasteiger partial charge on any atom is 0.257 e. The SMILES string of the molecule is COc1ccc(NC(=O)c2cccnc2)cc1OC.Cl. The van der Waals surface area contributed by atoms with Crippen LogP contribution in [0, 0.1) is 0 Å². The molecular weight excluding hydrogens is 280 g/mol. The van der Waals surface area contributed by atoms with Crippen LogP contribution < -0.4 is 14.8 Å². The van der Waals surface area contributed by atoms with Crippen molar-refractivity contribution >= 4 is 24.0 Å². The Morgan fingerprint density at radius 2 is 1.90 bits per heavy atom. The predicted octanol–water partition coefficient (Wildman–Crippen LogP) is 2.77. The molecule has 0 bridgehead atoms. The van der Waals surface area contributed by atoms with Crippen LogP contribution in [0.5, 0.6) is 11.5 Å². The van der Waals surface area contributed by atoms with Gasteiger partial charge in [-0.2, -0.15) is 0 Å². The van der Waals surface area contributed by atoms with Crippen molar-refractivity contribution in [3.8, 4) is 11.5 Å². The van der Waals surface area contributed by atoms with E-state index in [2.05, 4.69) is 10.3 Å². The average Bonchev–Trinajstić information content (AvgIpc) is 2.48. The fourth-order valence-corrected chi connectivity index (χ4v) is 1.61. The molecule has 0 spiro atoms. The molecule has 6 heteroatoms. The van der Waals surface area contributed by atoms with Gasteiger partial charge in [-0.3, -0.25) is 9.78 Å². The molecule has 1 heterocycles. The van der Waals surface area contributed by atoms with Crippen LogP contribution in [0.3, 0.4) is 0 Å². The first-order chi connectivity index (χ1) is 9.24. The second-order valence-electron chi connectivity index (χ2n) is 3.77. The summed E-state index contributed by atoms with van der Waals surface area (Å²) in [6.07, 6.45) is 3.13. The smallest absolute Gasteiger partial charge is 0.257 e. The van der Waals surface area contributed by atoms with Crippen LogP contribution in [-0.4, -0.2) is 25.1 Å². The van der Waals surface area contributed by atoms with Crippen LogP contribution in [0.15, 0.2) is 42.7 Å². The summed E-state index contributed by atoms with van der Waals surface area (Å²) in [7, 11) is 3.11. The number of ether oxygens (including phenoxy) is 2. The quantitative estimate of drug-likeness (QED) is 0.942. The lowest BCUT2D eigenvalue weighted by Gasteiger charge is -2.10. The molecule has 1 aromatic carbocycles. The lowest BCUT2D eigenvalue weighted by atomic mass is 10.2. The van der Waals surface area contributed by atoms with Crippen LogP contribution in [0.2, 0.25) is 0 Å². The van der Waals surface area contributed by atoms with Gasteiger partial charge in [0.25, 0.3) is 5.91 Å². The number of carbonyl (C=O) groups is 1. The van der Waals surface area contributed by atoms with Crippen molar-refractivity contribution in [3.63, 3.8) is 0 Å². The average molecular weight is 295 g/mol. The minimum Gasteiger partial charge on any atom is -0.493 e. The summed E-state index contributed by atoms with van der Waals surface area (Å²) in [6.45, 7) is 0. The van der Waals surface area contributed by atoms with Gasteiger partial charge in [0.1, 0.15) is 0 Å². The highest BCUT2D eigenvalue weighted by Gasteiger charge is 2.08. The Balaban J connectivity index is 0.00000200. The molecule has 0 aliphatic carbocycles. The second-order valence-corrected chi connectivity index (χ2v) is 3.77. The summed E-state index contributed by atoms with van der Waals surface area (Å²) in [5, 5.41) is 2.77. The highest BCUT2D eigenvalue weighted by molar-refractivity contribution is 6.04. The normalized spacial score (nSPS) is 9.30. The molecule has 0 atom stereocenters. The van der Waals surface area contributed by atoms with Crippen molar-refractivity contribution < 1.29 is 14.3 Å². The number of nitrogens with one attached hydrogen (secondary N) is 1. The molecule has 0 aliphatic heterocycles. The molecule has 0 aliphatic rings. The largest absolute Gasteiger partial charge is 0.493 e. The highest BCUT2D eigenvalue weighted by atomic mass is 35.5. The first-order valence-corrected chi connectivity index (χ1v) is 5.68. The molecule has 2 rings (SSSR count). The number of benzene rings is 1. The number of halogens is 1. The van der Waals surface area contributed by atoms with Crippen LogP contribution in [0.1, 0.15) is 10.4 Å². The Labute approximate surface area is 123 Å². The maximum atomic E-state index is 11.9. The number of carbonyl (C=O) groups excluding carboxylic acids is 1. The van der Waals surface area contributed by atoms with Crippen molar-refractivity contribution in [3.05, 3.63) is 48.3 Å². The van der Waals surface area contributed by atoms with Crippen molar-refractivity contribution in [1.82, 2.24) is 4.98 Å². The van der Waals surface area contributed by atoms with Crippen LogP contribution in [0.25, 0.3) is 0 Å². The van der Waals surface area contributed by atoms with E-state index >= 15 is 0 Å². The molecule has 0 fully saturated rings. The van der Waals surface area contributed by atoms with Gasteiger partial charge in [-0.15, -0.1) is 12.4 Å². The van der Waals surface area contributed by atoms with Gasteiger partial charge in [-0.1, -0.05) is 0 Å². The Kier molecular flexibility index (Phi) is 5.80. The second kappa shape index (κ2) is 7.35.